The number of thioether (sulfide) groups is 2. The topological polar surface area (TPSA) is 29.1 Å². The Hall–Kier alpha value is -1.10. The SMILES string of the molecule is CC[C@H](Sc1ccc(Cl)cc1)C(=O)NCCSCc1ccccc1. The lowest BCUT2D eigenvalue weighted by Crippen LogP contribution is -2.33. The second-order valence-electron chi connectivity index (χ2n) is 5.30. The first-order chi connectivity index (χ1) is 11.7. The highest BCUT2D eigenvalue weighted by atomic mass is 35.5. The van der Waals surface area contributed by atoms with Crippen LogP contribution >= 0.6 is 35.1 Å². The minimum atomic E-state index is -0.0645. The first-order valence-electron chi connectivity index (χ1n) is 8.00. The van der Waals surface area contributed by atoms with E-state index in [1.165, 1.54) is 5.56 Å². The highest BCUT2D eigenvalue weighted by molar-refractivity contribution is 8.00. The number of halogens is 1. The van der Waals surface area contributed by atoms with Gasteiger partial charge < -0.3 is 5.32 Å². The van der Waals surface area contributed by atoms with E-state index in [9.17, 15) is 4.79 Å². The van der Waals surface area contributed by atoms with Gasteiger partial charge in [-0.15, -0.1) is 11.8 Å². The zero-order chi connectivity index (χ0) is 17.2. The highest BCUT2D eigenvalue weighted by Gasteiger charge is 2.17. The van der Waals surface area contributed by atoms with Crippen LogP contribution in [0.15, 0.2) is 59.5 Å². The predicted molar refractivity (Wildman–Crippen MR) is 107 cm³/mol. The summed E-state index contributed by atoms with van der Waals surface area (Å²) in [6.45, 7) is 2.74. The average Bonchev–Trinajstić information content (AvgIpc) is 2.61. The Balaban J connectivity index is 1.68. The maximum absolute atomic E-state index is 12.3. The Morgan fingerprint density at radius 3 is 2.50 bits per heavy atom. The van der Waals surface area contributed by atoms with Gasteiger partial charge in [0.2, 0.25) is 5.91 Å². The summed E-state index contributed by atoms with van der Waals surface area (Å²) in [7, 11) is 0. The van der Waals surface area contributed by atoms with E-state index in [1.807, 2.05) is 49.0 Å². The van der Waals surface area contributed by atoms with Crippen LogP contribution in [0.25, 0.3) is 0 Å². The summed E-state index contributed by atoms with van der Waals surface area (Å²) in [6.07, 6.45) is 0.802. The second-order valence-corrected chi connectivity index (χ2v) is 8.12. The van der Waals surface area contributed by atoms with Gasteiger partial charge in [0.25, 0.3) is 0 Å². The molecule has 5 heteroatoms. The van der Waals surface area contributed by atoms with Crippen molar-refractivity contribution in [3.63, 3.8) is 0 Å². The summed E-state index contributed by atoms with van der Waals surface area (Å²) in [5, 5.41) is 3.70. The van der Waals surface area contributed by atoms with Crippen molar-refractivity contribution in [3.8, 4) is 0 Å². The molecule has 2 aromatic rings. The first kappa shape index (κ1) is 19.2. The van der Waals surface area contributed by atoms with Crippen LogP contribution in [0.2, 0.25) is 5.02 Å². The van der Waals surface area contributed by atoms with Crippen LogP contribution in [0.3, 0.4) is 0 Å². The molecular formula is C19H22ClNOS2. The van der Waals surface area contributed by atoms with Gasteiger partial charge in [0.1, 0.15) is 0 Å². The van der Waals surface area contributed by atoms with Gasteiger partial charge in [0.15, 0.2) is 0 Å². The number of carbonyl (C=O) groups is 1. The van der Waals surface area contributed by atoms with Gasteiger partial charge in [0, 0.05) is 28.0 Å². The third kappa shape index (κ3) is 6.80. The molecular weight excluding hydrogens is 358 g/mol. The van der Waals surface area contributed by atoms with Gasteiger partial charge in [-0.25, -0.2) is 0 Å². The predicted octanol–water partition coefficient (Wildman–Crippen LogP) is 5.26. The lowest BCUT2D eigenvalue weighted by Gasteiger charge is -2.14. The smallest absolute Gasteiger partial charge is 0.233 e. The van der Waals surface area contributed by atoms with Gasteiger partial charge in [-0.05, 0) is 36.2 Å². The molecule has 0 bridgehead atoms. The van der Waals surface area contributed by atoms with E-state index in [4.69, 9.17) is 11.6 Å². The molecule has 2 aromatic carbocycles. The van der Waals surface area contributed by atoms with Crippen molar-refractivity contribution in [2.24, 2.45) is 0 Å². The van der Waals surface area contributed by atoms with Gasteiger partial charge in [-0.1, -0.05) is 48.9 Å². The number of nitrogens with one attached hydrogen (secondary N) is 1. The molecule has 1 amide bonds. The summed E-state index contributed by atoms with van der Waals surface area (Å²) in [5.41, 5.74) is 1.32. The molecule has 2 rings (SSSR count). The van der Waals surface area contributed by atoms with Gasteiger partial charge >= 0.3 is 0 Å². The summed E-state index contributed by atoms with van der Waals surface area (Å²) < 4.78 is 0. The van der Waals surface area contributed by atoms with E-state index in [-0.39, 0.29) is 11.2 Å². The highest BCUT2D eigenvalue weighted by Crippen LogP contribution is 2.26. The Morgan fingerprint density at radius 1 is 1.12 bits per heavy atom. The van der Waals surface area contributed by atoms with E-state index in [1.54, 1.807) is 11.8 Å². The van der Waals surface area contributed by atoms with Crippen molar-refractivity contribution in [2.45, 2.75) is 29.2 Å². The summed E-state index contributed by atoms with van der Waals surface area (Å²) in [6, 6.07) is 18.0. The van der Waals surface area contributed by atoms with Crippen LogP contribution in [-0.2, 0) is 10.5 Å². The molecule has 0 spiro atoms. The van der Waals surface area contributed by atoms with Gasteiger partial charge in [-0.3, -0.25) is 4.79 Å². The molecule has 0 saturated heterocycles. The second kappa shape index (κ2) is 10.7. The Labute approximate surface area is 157 Å². The number of hydrogen-bond acceptors (Lipinski definition) is 3. The van der Waals surface area contributed by atoms with Crippen molar-refractivity contribution < 1.29 is 4.79 Å². The Kier molecular flexibility index (Phi) is 8.57. The normalized spacial score (nSPS) is 11.9. The number of hydrogen-bond donors (Lipinski definition) is 1. The fourth-order valence-corrected chi connectivity index (χ4v) is 4.05. The van der Waals surface area contributed by atoms with Crippen molar-refractivity contribution >= 4 is 41.0 Å². The molecule has 1 atom stereocenters. The maximum atomic E-state index is 12.3. The fourth-order valence-electron chi connectivity index (χ4n) is 2.12. The quantitative estimate of drug-likeness (QED) is 0.476. The number of benzene rings is 2. The fraction of sp³-hybridized carbons (Fsp3) is 0.316. The number of carbonyl (C=O) groups excluding carboxylic acids is 1. The van der Waals surface area contributed by atoms with Crippen molar-refractivity contribution in [3.05, 3.63) is 65.2 Å². The molecule has 1 N–H and O–H groups in total. The molecule has 0 aliphatic heterocycles. The molecule has 0 radical (unpaired) electrons. The molecule has 0 aromatic heterocycles. The molecule has 2 nitrogen and oxygen atoms in total. The summed E-state index contributed by atoms with van der Waals surface area (Å²) in [5.74, 6) is 2.01. The van der Waals surface area contributed by atoms with Gasteiger partial charge in [0.05, 0.1) is 5.25 Å². The molecule has 0 aliphatic rings. The minimum Gasteiger partial charge on any atom is -0.354 e. The van der Waals surface area contributed by atoms with E-state index in [0.717, 1.165) is 22.8 Å². The third-order valence-electron chi connectivity index (χ3n) is 3.41. The van der Waals surface area contributed by atoms with Crippen LogP contribution in [0.5, 0.6) is 0 Å². The van der Waals surface area contributed by atoms with Crippen molar-refractivity contribution in [1.82, 2.24) is 5.32 Å². The first-order valence-corrected chi connectivity index (χ1v) is 10.4. The number of rotatable bonds is 9. The monoisotopic (exact) mass is 379 g/mol. The zero-order valence-electron chi connectivity index (χ0n) is 13.7. The van der Waals surface area contributed by atoms with Crippen molar-refractivity contribution in [1.29, 1.82) is 0 Å². The molecule has 0 aliphatic carbocycles. The van der Waals surface area contributed by atoms with E-state index in [0.29, 0.717) is 11.6 Å². The summed E-state index contributed by atoms with van der Waals surface area (Å²) >= 11 is 9.32. The lowest BCUT2D eigenvalue weighted by molar-refractivity contribution is -0.120. The maximum Gasteiger partial charge on any atom is 0.233 e. The lowest BCUT2D eigenvalue weighted by atomic mass is 10.2. The van der Waals surface area contributed by atoms with E-state index < -0.39 is 0 Å². The van der Waals surface area contributed by atoms with Gasteiger partial charge in [-0.2, -0.15) is 11.8 Å². The standard InChI is InChI=1S/C19H22ClNOS2/c1-2-18(24-17-10-8-16(20)9-11-17)19(22)21-12-13-23-14-15-6-4-3-5-7-15/h3-11,18H,2,12-14H2,1H3,(H,21,22)/t18-/m0/s1. The molecule has 0 saturated carbocycles. The molecule has 0 heterocycles. The Morgan fingerprint density at radius 2 is 1.83 bits per heavy atom. The van der Waals surface area contributed by atoms with Crippen LogP contribution in [0.4, 0.5) is 0 Å². The largest absolute Gasteiger partial charge is 0.354 e. The molecule has 0 fully saturated rings. The van der Waals surface area contributed by atoms with Crippen LogP contribution in [-0.4, -0.2) is 23.5 Å². The van der Waals surface area contributed by atoms with Crippen LogP contribution in [0.1, 0.15) is 18.9 Å². The summed E-state index contributed by atoms with van der Waals surface area (Å²) in [4.78, 5) is 13.4. The molecule has 128 valence electrons. The zero-order valence-corrected chi connectivity index (χ0v) is 16.1. The minimum absolute atomic E-state index is 0.0645. The molecule has 0 unspecified atom stereocenters. The molecule has 24 heavy (non-hydrogen) atoms. The van der Waals surface area contributed by atoms with Crippen molar-refractivity contribution in [2.75, 3.05) is 12.3 Å². The van der Waals surface area contributed by atoms with E-state index in [2.05, 4.69) is 29.6 Å². The Bertz CT molecular complexity index is 619. The average molecular weight is 380 g/mol. The number of amides is 1. The van der Waals surface area contributed by atoms with Crippen LogP contribution < -0.4 is 5.32 Å². The third-order valence-corrected chi connectivity index (χ3v) is 6.07. The van der Waals surface area contributed by atoms with E-state index >= 15 is 0 Å². The van der Waals surface area contributed by atoms with Crippen LogP contribution in [0, 0.1) is 0 Å².